The molecule has 0 saturated heterocycles. The SMILES string of the molecule is O=c1ccc(CN=C2Nc3c(Oc4ccccc4Cl)cccc3S(=O)(=O)N2)c[nH]1. The minimum absolute atomic E-state index is 0.0324. The molecule has 0 amide bonds. The predicted molar refractivity (Wildman–Crippen MR) is 110 cm³/mol. The summed E-state index contributed by atoms with van der Waals surface area (Å²) in [6, 6.07) is 14.5. The van der Waals surface area contributed by atoms with Crippen molar-refractivity contribution in [2.75, 3.05) is 5.32 Å². The monoisotopic (exact) mass is 430 g/mol. The lowest BCUT2D eigenvalue weighted by Crippen LogP contribution is -2.40. The van der Waals surface area contributed by atoms with Gasteiger partial charge in [0, 0.05) is 12.3 Å². The van der Waals surface area contributed by atoms with Crippen molar-refractivity contribution >= 4 is 33.3 Å². The number of hydrogen-bond acceptors (Lipinski definition) is 5. The number of benzene rings is 2. The first-order valence-corrected chi connectivity index (χ1v) is 10.4. The van der Waals surface area contributed by atoms with Crippen molar-refractivity contribution in [3.05, 3.63) is 81.7 Å². The van der Waals surface area contributed by atoms with Gasteiger partial charge in [0.25, 0.3) is 10.0 Å². The molecule has 0 unspecified atom stereocenters. The molecule has 148 valence electrons. The van der Waals surface area contributed by atoms with E-state index in [0.717, 1.165) is 0 Å². The van der Waals surface area contributed by atoms with Gasteiger partial charge in [-0.3, -0.25) is 4.79 Å². The zero-order chi connectivity index (χ0) is 20.4. The Bertz CT molecular complexity index is 1250. The highest BCUT2D eigenvalue weighted by molar-refractivity contribution is 7.90. The van der Waals surface area contributed by atoms with E-state index >= 15 is 0 Å². The van der Waals surface area contributed by atoms with Crippen LogP contribution in [0.4, 0.5) is 5.69 Å². The van der Waals surface area contributed by atoms with Gasteiger partial charge >= 0.3 is 0 Å². The molecule has 10 heteroatoms. The van der Waals surface area contributed by atoms with Crippen LogP contribution in [0.3, 0.4) is 0 Å². The number of anilines is 1. The summed E-state index contributed by atoms with van der Waals surface area (Å²) in [5, 5.41) is 3.36. The summed E-state index contributed by atoms with van der Waals surface area (Å²) in [5.41, 5.74) is 0.740. The van der Waals surface area contributed by atoms with Crippen molar-refractivity contribution in [3.8, 4) is 11.5 Å². The fraction of sp³-hybridized carbons (Fsp3) is 0.0526. The Morgan fingerprint density at radius 1 is 1.00 bits per heavy atom. The molecule has 8 nitrogen and oxygen atoms in total. The third-order valence-corrected chi connectivity index (χ3v) is 5.77. The minimum atomic E-state index is -3.84. The number of pyridine rings is 1. The molecule has 2 heterocycles. The second-order valence-corrected chi connectivity index (χ2v) is 8.18. The Labute approximate surface area is 171 Å². The van der Waals surface area contributed by atoms with Crippen molar-refractivity contribution in [2.45, 2.75) is 11.4 Å². The van der Waals surface area contributed by atoms with Crippen LogP contribution in [0, 0.1) is 0 Å². The number of aromatic nitrogens is 1. The number of para-hydroxylation sites is 2. The number of ether oxygens (including phenoxy) is 1. The van der Waals surface area contributed by atoms with E-state index in [1.165, 1.54) is 18.3 Å². The zero-order valence-corrected chi connectivity index (χ0v) is 16.4. The smallest absolute Gasteiger partial charge is 0.266 e. The summed E-state index contributed by atoms with van der Waals surface area (Å²) in [5.74, 6) is 0.725. The molecule has 0 atom stereocenters. The Kier molecular flexibility index (Phi) is 4.99. The molecule has 1 aromatic heterocycles. The fourth-order valence-electron chi connectivity index (χ4n) is 2.70. The second-order valence-electron chi connectivity index (χ2n) is 6.12. The fourth-order valence-corrected chi connectivity index (χ4v) is 4.03. The van der Waals surface area contributed by atoms with Crippen LogP contribution < -0.4 is 20.3 Å². The Morgan fingerprint density at radius 2 is 1.79 bits per heavy atom. The van der Waals surface area contributed by atoms with Gasteiger partial charge in [0.15, 0.2) is 5.75 Å². The van der Waals surface area contributed by atoms with Crippen LogP contribution in [-0.2, 0) is 16.6 Å². The van der Waals surface area contributed by atoms with E-state index in [-0.39, 0.29) is 34.4 Å². The van der Waals surface area contributed by atoms with Crippen molar-refractivity contribution < 1.29 is 13.2 Å². The third kappa shape index (κ3) is 4.10. The quantitative estimate of drug-likeness (QED) is 0.588. The summed E-state index contributed by atoms with van der Waals surface area (Å²) in [6.45, 7) is 0.157. The standard InChI is InChI=1S/C19H15ClN4O4S/c20-13-4-1-2-5-14(13)28-15-6-3-7-16-18(15)23-19(24-29(16,26)27)22-11-12-8-9-17(25)21-10-12/h1-10H,11H2,(H,21,25)(H2,22,23,24). The number of hydrogen-bond donors (Lipinski definition) is 3. The largest absolute Gasteiger partial charge is 0.454 e. The number of guanidine groups is 1. The zero-order valence-electron chi connectivity index (χ0n) is 14.8. The molecule has 1 aliphatic rings. The van der Waals surface area contributed by atoms with E-state index in [9.17, 15) is 13.2 Å². The lowest BCUT2D eigenvalue weighted by Gasteiger charge is -2.23. The molecular weight excluding hydrogens is 416 g/mol. The topological polar surface area (TPSA) is 113 Å². The maximum atomic E-state index is 12.6. The number of nitrogens with one attached hydrogen (secondary N) is 3. The van der Waals surface area contributed by atoms with Crippen LogP contribution in [0.1, 0.15) is 5.56 Å². The van der Waals surface area contributed by atoms with Gasteiger partial charge in [-0.25, -0.2) is 18.1 Å². The van der Waals surface area contributed by atoms with Gasteiger partial charge in [-0.15, -0.1) is 0 Å². The van der Waals surface area contributed by atoms with Gasteiger partial charge < -0.3 is 15.0 Å². The minimum Gasteiger partial charge on any atom is -0.454 e. The number of fused-ring (bicyclic) bond motifs is 1. The number of aromatic amines is 1. The number of H-pyrrole nitrogens is 1. The first-order valence-electron chi connectivity index (χ1n) is 8.50. The molecule has 0 spiro atoms. The third-order valence-electron chi connectivity index (χ3n) is 4.08. The summed E-state index contributed by atoms with van der Waals surface area (Å²) < 4.78 is 33.5. The number of halogens is 1. The molecule has 0 aliphatic carbocycles. The van der Waals surface area contributed by atoms with Gasteiger partial charge in [-0.05, 0) is 29.8 Å². The van der Waals surface area contributed by atoms with Crippen LogP contribution in [0.2, 0.25) is 5.02 Å². The van der Waals surface area contributed by atoms with E-state index in [2.05, 4.69) is 20.0 Å². The normalized spacial score (nSPS) is 15.8. The maximum Gasteiger partial charge on any atom is 0.266 e. The van der Waals surface area contributed by atoms with E-state index in [0.29, 0.717) is 16.3 Å². The van der Waals surface area contributed by atoms with E-state index < -0.39 is 10.0 Å². The van der Waals surface area contributed by atoms with Crippen molar-refractivity contribution in [3.63, 3.8) is 0 Å². The predicted octanol–water partition coefficient (Wildman–Crippen LogP) is 3.08. The highest BCUT2D eigenvalue weighted by Crippen LogP contribution is 2.38. The highest BCUT2D eigenvalue weighted by Gasteiger charge is 2.29. The summed E-state index contributed by atoms with van der Waals surface area (Å²) in [7, 11) is -3.84. The second kappa shape index (κ2) is 7.61. The van der Waals surface area contributed by atoms with Crippen LogP contribution in [0.5, 0.6) is 11.5 Å². The molecule has 2 aromatic carbocycles. The molecule has 1 aliphatic heterocycles. The van der Waals surface area contributed by atoms with Crippen LogP contribution in [0.25, 0.3) is 0 Å². The van der Waals surface area contributed by atoms with Gasteiger partial charge in [0.2, 0.25) is 11.5 Å². The van der Waals surface area contributed by atoms with Crippen LogP contribution >= 0.6 is 11.6 Å². The summed E-state index contributed by atoms with van der Waals surface area (Å²) in [4.78, 5) is 18.0. The van der Waals surface area contributed by atoms with Gasteiger partial charge in [0.1, 0.15) is 16.3 Å². The van der Waals surface area contributed by atoms with Crippen LogP contribution in [-0.4, -0.2) is 19.4 Å². The molecule has 0 saturated carbocycles. The van der Waals surface area contributed by atoms with Gasteiger partial charge in [-0.1, -0.05) is 35.9 Å². The molecule has 0 fully saturated rings. The summed E-state index contributed by atoms with van der Waals surface area (Å²) >= 11 is 6.15. The van der Waals surface area contributed by atoms with Crippen molar-refractivity contribution in [1.82, 2.24) is 9.71 Å². The van der Waals surface area contributed by atoms with E-state index in [1.807, 2.05) is 0 Å². The first kappa shape index (κ1) is 19.0. The van der Waals surface area contributed by atoms with Crippen molar-refractivity contribution in [2.24, 2.45) is 4.99 Å². The number of aliphatic imine (C=N–C) groups is 1. The van der Waals surface area contributed by atoms with E-state index in [4.69, 9.17) is 16.3 Å². The number of sulfonamides is 1. The van der Waals surface area contributed by atoms with Crippen LogP contribution in [0.15, 0.2) is 75.5 Å². The van der Waals surface area contributed by atoms with Gasteiger partial charge in [0.05, 0.1) is 11.6 Å². The average Bonchev–Trinajstić information content (AvgIpc) is 2.69. The molecule has 3 aromatic rings. The number of rotatable bonds is 4. The number of nitrogens with zero attached hydrogens (tertiary/aromatic N) is 1. The lowest BCUT2D eigenvalue weighted by molar-refractivity contribution is 0.483. The molecule has 4 rings (SSSR count). The Balaban J connectivity index is 1.67. The summed E-state index contributed by atoms with van der Waals surface area (Å²) in [6.07, 6.45) is 1.52. The first-order chi connectivity index (χ1) is 13.9. The van der Waals surface area contributed by atoms with Crippen molar-refractivity contribution in [1.29, 1.82) is 0 Å². The lowest BCUT2D eigenvalue weighted by atomic mass is 10.2. The average molecular weight is 431 g/mol. The maximum absolute atomic E-state index is 12.6. The molecule has 29 heavy (non-hydrogen) atoms. The molecule has 3 N–H and O–H groups in total. The Morgan fingerprint density at radius 3 is 2.55 bits per heavy atom. The molecule has 0 bridgehead atoms. The van der Waals surface area contributed by atoms with Gasteiger partial charge in [-0.2, -0.15) is 0 Å². The van der Waals surface area contributed by atoms with E-state index in [1.54, 1.807) is 42.5 Å². The Hall–Kier alpha value is -3.30. The molecular formula is C19H15ClN4O4S. The highest BCUT2D eigenvalue weighted by atomic mass is 35.5. The molecule has 0 radical (unpaired) electrons.